The maximum Gasteiger partial charge on any atom is 0.337 e. The van der Waals surface area contributed by atoms with E-state index in [1.54, 1.807) is 21.1 Å². The number of hydrogen-bond acceptors (Lipinski definition) is 4. The maximum atomic E-state index is 11.2. The molecule has 0 heterocycles. The molecular formula is C17H34O4Si. The molecule has 5 heteroatoms. The second-order valence-corrected chi connectivity index (χ2v) is 9.66. The first-order valence-electron chi connectivity index (χ1n) is 8.44. The number of esters is 1. The Kier molecular flexibility index (Phi) is 12.5. The van der Waals surface area contributed by atoms with Gasteiger partial charge in [0, 0.05) is 19.8 Å². The van der Waals surface area contributed by atoms with E-state index >= 15 is 0 Å². The Morgan fingerprint density at radius 3 is 1.91 bits per heavy atom. The molecule has 0 fully saturated rings. The van der Waals surface area contributed by atoms with Crippen molar-refractivity contribution in [3.8, 4) is 0 Å². The Morgan fingerprint density at radius 1 is 0.955 bits per heavy atom. The maximum absolute atomic E-state index is 11.2. The van der Waals surface area contributed by atoms with Gasteiger partial charge in [-0.15, -0.1) is 0 Å². The van der Waals surface area contributed by atoms with Gasteiger partial charge >= 0.3 is 14.5 Å². The predicted octanol–water partition coefficient (Wildman–Crippen LogP) is 4.59. The standard InChI is InChI=1S/C17H34O4Si/c1-6-22(19-4,20-5)15-13-11-9-7-8-10-12-14-21-17(18)16(2)3/h2,6-15H2,1,3-5H3. The van der Waals surface area contributed by atoms with E-state index in [-0.39, 0.29) is 5.97 Å². The highest BCUT2D eigenvalue weighted by Crippen LogP contribution is 2.21. The van der Waals surface area contributed by atoms with E-state index in [9.17, 15) is 4.79 Å². The Hall–Kier alpha value is -0.653. The van der Waals surface area contributed by atoms with Crippen LogP contribution in [-0.2, 0) is 18.4 Å². The highest BCUT2D eigenvalue weighted by Gasteiger charge is 2.32. The van der Waals surface area contributed by atoms with Crippen molar-refractivity contribution in [2.75, 3.05) is 20.8 Å². The Morgan fingerprint density at radius 2 is 1.45 bits per heavy atom. The lowest BCUT2D eigenvalue weighted by molar-refractivity contribution is -0.139. The third kappa shape index (κ3) is 9.38. The van der Waals surface area contributed by atoms with E-state index in [4.69, 9.17) is 13.6 Å². The van der Waals surface area contributed by atoms with Crippen molar-refractivity contribution in [1.29, 1.82) is 0 Å². The molecule has 0 spiro atoms. The van der Waals surface area contributed by atoms with Crippen molar-refractivity contribution in [2.24, 2.45) is 0 Å². The van der Waals surface area contributed by atoms with Crippen LogP contribution in [0.1, 0.15) is 58.8 Å². The molecule has 0 aromatic carbocycles. The van der Waals surface area contributed by atoms with Crippen molar-refractivity contribution < 1.29 is 18.4 Å². The summed E-state index contributed by atoms with van der Waals surface area (Å²) in [5.74, 6) is -0.278. The molecule has 0 unspecified atom stereocenters. The van der Waals surface area contributed by atoms with Crippen LogP contribution in [0, 0.1) is 0 Å². The van der Waals surface area contributed by atoms with Crippen molar-refractivity contribution >= 4 is 14.5 Å². The lowest BCUT2D eigenvalue weighted by Crippen LogP contribution is -2.38. The van der Waals surface area contributed by atoms with Crippen LogP contribution in [0.4, 0.5) is 0 Å². The SMILES string of the molecule is C=C(C)C(=O)OCCCCCCCCC[Si](CC)(OC)OC. The predicted molar refractivity (Wildman–Crippen MR) is 93.2 cm³/mol. The van der Waals surface area contributed by atoms with E-state index in [2.05, 4.69) is 13.5 Å². The van der Waals surface area contributed by atoms with Crippen LogP contribution in [0.5, 0.6) is 0 Å². The number of ether oxygens (including phenoxy) is 1. The Balaban J connectivity index is 3.44. The number of unbranched alkanes of at least 4 members (excludes halogenated alkanes) is 6. The Labute approximate surface area is 137 Å². The van der Waals surface area contributed by atoms with Crippen molar-refractivity contribution in [3.63, 3.8) is 0 Å². The average molecular weight is 331 g/mol. The van der Waals surface area contributed by atoms with Gasteiger partial charge < -0.3 is 13.6 Å². The van der Waals surface area contributed by atoms with E-state index in [0.717, 1.165) is 24.9 Å². The number of carbonyl (C=O) groups excluding carboxylic acids is 1. The molecule has 0 saturated carbocycles. The molecule has 0 bridgehead atoms. The van der Waals surface area contributed by atoms with Gasteiger partial charge in [0.15, 0.2) is 0 Å². The second kappa shape index (κ2) is 12.8. The fourth-order valence-electron chi connectivity index (χ4n) is 2.42. The minimum atomic E-state index is -1.88. The summed E-state index contributed by atoms with van der Waals surface area (Å²) in [6.07, 6.45) is 8.20. The second-order valence-electron chi connectivity index (χ2n) is 5.81. The number of carbonyl (C=O) groups is 1. The molecular weight excluding hydrogens is 296 g/mol. The molecule has 4 nitrogen and oxygen atoms in total. The van der Waals surface area contributed by atoms with Gasteiger partial charge in [0.25, 0.3) is 0 Å². The molecule has 0 radical (unpaired) electrons. The normalized spacial score (nSPS) is 11.5. The third-order valence-electron chi connectivity index (χ3n) is 4.07. The Bertz CT molecular complexity index is 306. The smallest absolute Gasteiger partial charge is 0.337 e. The third-order valence-corrected chi connectivity index (χ3v) is 7.75. The molecule has 0 N–H and O–H groups in total. The zero-order chi connectivity index (χ0) is 16.8. The fourth-order valence-corrected chi connectivity index (χ4v) is 4.72. The van der Waals surface area contributed by atoms with E-state index in [1.807, 2.05) is 0 Å². The molecule has 0 rings (SSSR count). The van der Waals surface area contributed by atoms with E-state index < -0.39 is 8.56 Å². The van der Waals surface area contributed by atoms with Gasteiger partial charge in [-0.1, -0.05) is 52.0 Å². The summed E-state index contributed by atoms with van der Waals surface area (Å²) in [7, 11) is 1.68. The van der Waals surface area contributed by atoms with Gasteiger partial charge in [0.05, 0.1) is 6.61 Å². The highest BCUT2D eigenvalue weighted by atomic mass is 28.4. The van der Waals surface area contributed by atoms with Crippen LogP contribution in [0.25, 0.3) is 0 Å². The first-order chi connectivity index (χ1) is 10.5. The van der Waals surface area contributed by atoms with Gasteiger partial charge in [-0.3, -0.25) is 0 Å². The minimum Gasteiger partial charge on any atom is -0.462 e. The lowest BCUT2D eigenvalue weighted by atomic mass is 10.1. The average Bonchev–Trinajstić information content (AvgIpc) is 2.53. The van der Waals surface area contributed by atoms with Crippen molar-refractivity contribution in [3.05, 3.63) is 12.2 Å². The molecule has 130 valence electrons. The molecule has 0 saturated heterocycles. The van der Waals surface area contributed by atoms with Crippen LogP contribution < -0.4 is 0 Å². The first-order valence-corrected chi connectivity index (χ1v) is 10.7. The van der Waals surface area contributed by atoms with Crippen molar-refractivity contribution in [2.45, 2.75) is 70.9 Å². The fraction of sp³-hybridized carbons (Fsp3) is 0.824. The zero-order valence-electron chi connectivity index (χ0n) is 14.9. The molecule has 0 aliphatic rings. The van der Waals surface area contributed by atoms with Crippen molar-refractivity contribution in [1.82, 2.24) is 0 Å². The summed E-state index contributed by atoms with van der Waals surface area (Å²) < 4.78 is 16.3. The van der Waals surface area contributed by atoms with Crippen LogP contribution in [0.15, 0.2) is 12.2 Å². The number of rotatable bonds is 14. The zero-order valence-corrected chi connectivity index (χ0v) is 15.9. The quantitative estimate of drug-likeness (QED) is 0.202. The van der Waals surface area contributed by atoms with Gasteiger partial charge in [0.2, 0.25) is 0 Å². The summed E-state index contributed by atoms with van der Waals surface area (Å²) in [5, 5.41) is 0. The lowest BCUT2D eigenvalue weighted by Gasteiger charge is -2.25. The van der Waals surface area contributed by atoms with Crippen LogP contribution >= 0.6 is 0 Å². The summed E-state index contributed by atoms with van der Waals surface area (Å²) in [6.45, 7) is 7.89. The molecule has 0 atom stereocenters. The minimum absolute atomic E-state index is 0.278. The van der Waals surface area contributed by atoms with E-state index in [1.165, 1.54) is 32.1 Å². The van der Waals surface area contributed by atoms with Gasteiger partial charge in [0.1, 0.15) is 0 Å². The molecule has 0 aliphatic carbocycles. The van der Waals surface area contributed by atoms with Crippen LogP contribution in [0.2, 0.25) is 12.1 Å². The molecule has 22 heavy (non-hydrogen) atoms. The molecule has 0 aliphatic heterocycles. The highest BCUT2D eigenvalue weighted by molar-refractivity contribution is 6.67. The van der Waals surface area contributed by atoms with Crippen LogP contribution in [-0.4, -0.2) is 35.4 Å². The summed E-state index contributed by atoms with van der Waals surface area (Å²) in [4.78, 5) is 11.2. The molecule has 0 aromatic heterocycles. The van der Waals surface area contributed by atoms with E-state index in [0.29, 0.717) is 12.2 Å². The van der Waals surface area contributed by atoms with Gasteiger partial charge in [-0.25, -0.2) is 4.79 Å². The summed E-state index contributed by atoms with van der Waals surface area (Å²) >= 11 is 0. The summed E-state index contributed by atoms with van der Waals surface area (Å²) in [5.41, 5.74) is 0.471. The topological polar surface area (TPSA) is 44.8 Å². The summed E-state index contributed by atoms with van der Waals surface area (Å²) in [6, 6.07) is 2.11. The first kappa shape index (κ1) is 21.3. The molecule has 0 amide bonds. The largest absolute Gasteiger partial charge is 0.462 e. The van der Waals surface area contributed by atoms with Crippen LogP contribution in [0.3, 0.4) is 0 Å². The number of hydrogen-bond donors (Lipinski definition) is 0. The monoisotopic (exact) mass is 330 g/mol. The molecule has 0 aromatic rings. The van der Waals surface area contributed by atoms with Gasteiger partial charge in [-0.2, -0.15) is 0 Å². The van der Waals surface area contributed by atoms with Gasteiger partial charge in [-0.05, 0) is 25.4 Å².